The third kappa shape index (κ3) is 13.9. The fraction of sp³-hybridized carbons (Fsp3) is 0.516. The lowest BCUT2D eigenvalue weighted by Crippen LogP contribution is -2.33. The zero-order valence-corrected chi connectivity index (χ0v) is 34.6. The third-order valence-electron chi connectivity index (χ3n) is 8.67. The number of rotatable bonds is 17. The van der Waals surface area contributed by atoms with Crippen molar-refractivity contribution in [3.8, 4) is 23.7 Å². The van der Waals surface area contributed by atoms with Crippen LogP contribution < -0.4 is 28.0 Å². The fourth-order valence-electron chi connectivity index (χ4n) is 5.82. The van der Waals surface area contributed by atoms with Gasteiger partial charge < -0.3 is 55.4 Å². The first-order valence-corrected chi connectivity index (χ1v) is 22.6. The Morgan fingerprint density at radius 2 is 1.58 bits per heavy atom. The normalized spacial score (nSPS) is 23.1. The lowest BCUT2D eigenvalue weighted by Gasteiger charge is -2.19. The van der Waals surface area contributed by atoms with Crippen molar-refractivity contribution in [2.45, 2.75) is 81.9 Å². The van der Waals surface area contributed by atoms with Crippen molar-refractivity contribution >= 4 is 35.2 Å². The standard InChI is InChI=1S/C31H40N9O19P3/c32-28-18(12-39(30(46)34-28)27-11-22(43)24(57-27)17-55-61(51,52)59-62(53,54)58-60(48,49)50)7-5-9-33-25(44)15-38-14-20(36-37-38)8-4-2-1-3-6-19-13-40(31(47)35-29(19)45)26-10-21(42)23(16-41)56-26/h12-14,21-24,26-27,41-43H,1-2,4,8-11,15-17H2,(H,33,44)(H,51,52)(H,53,54)(H2,32,34,46)(H,35,45,47)(H2,48,49,50)/t21?,22?,23-,24-,26-,27-/m1/s1. The number of hydrogen-bond acceptors (Lipinski definition) is 19. The summed E-state index contributed by atoms with van der Waals surface area (Å²) in [6, 6.07) is 0. The molecule has 0 radical (unpaired) electrons. The quantitative estimate of drug-likeness (QED) is 0.0363. The first kappa shape index (κ1) is 48.3. The summed E-state index contributed by atoms with van der Waals surface area (Å²) in [5.41, 5.74) is 4.17. The number of anilines is 1. The predicted molar refractivity (Wildman–Crippen MR) is 205 cm³/mol. The van der Waals surface area contributed by atoms with Crippen molar-refractivity contribution in [3.05, 3.63) is 66.7 Å². The summed E-state index contributed by atoms with van der Waals surface area (Å²) in [6.07, 6.45) is -0.835. The molecular formula is C31H40N9O19P3. The average Bonchev–Trinajstić information content (AvgIpc) is 3.88. The summed E-state index contributed by atoms with van der Waals surface area (Å²) in [5, 5.41) is 40.2. The van der Waals surface area contributed by atoms with Crippen molar-refractivity contribution in [1.29, 1.82) is 0 Å². The van der Waals surface area contributed by atoms with Crippen molar-refractivity contribution in [2.75, 3.05) is 25.5 Å². The van der Waals surface area contributed by atoms with Gasteiger partial charge in [0, 0.05) is 37.9 Å². The van der Waals surface area contributed by atoms with E-state index in [9.17, 15) is 58.0 Å². The first-order chi connectivity index (χ1) is 29.1. The van der Waals surface area contributed by atoms with Gasteiger partial charge >= 0.3 is 34.8 Å². The largest absolute Gasteiger partial charge is 0.490 e. The summed E-state index contributed by atoms with van der Waals surface area (Å²) < 4.78 is 60.5. The van der Waals surface area contributed by atoms with Crippen LogP contribution in [0.5, 0.6) is 0 Å². The molecule has 28 nitrogen and oxygen atoms in total. The molecule has 338 valence electrons. The van der Waals surface area contributed by atoms with E-state index in [1.54, 1.807) is 6.20 Å². The van der Waals surface area contributed by atoms with Gasteiger partial charge in [-0.25, -0.2) is 28.0 Å². The number of aliphatic hydroxyl groups excluding tert-OH is 3. The second-order valence-electron chi connectivity index (χ2n) is 13.4. The van der Waals surface area contributed by atoms with Gasteiger partial charge in [-0.05, 0) is 19.3 Å². The van der Waals surface area contributed by atoms with Gasteiger partial charge in [0.25, 0.3) is 5.56 Å². The number of amides is 1. The number of aliphatic hydroxyl groups is 3. The topological polar surface area (TPSA) is 415 Å². The van der Waals surface area contributed by atoms with Crippen LogP contribution in [0.25, 0.3) is 0 Å². The molecule has 62 heavy (non-hydrogen) atoms. The lowest BCUT2D eigenvalue weighted by molar-refractivity contribution is -0.121. The van der Waals surface area contributed by atoms with Crippen LogP contribution in [0.15, 0.2) is 33.0 Å². The summed E-state index contributed by atoms with van der Waals surface area (Å²) in [6.45, 7) is -1.76. The Labute approximate surface area is 348 Å². The number of aromatic amines is 1. The molecule has 0 aliphatic carbocycles. The summed E-state index contributed by atoms with van der Waals surface area (Å²) >= 11 is 0. The highest BCUT2D eigenvalue weighted by Crippen LogP contribution is 2.66. The molecule has 11 N–H and O–H groups in total. The van der Waals surface area contributed by atoms with Crippen molar-refractivity contribution < 1.29 is 76.0 Å². The number of phosphoric ester groups is 1. The van der Waals surface area contributed by atoms with Crippen molar-refractivity contribution in [2.24, 2.45) is 0 Å². The van der Waals surface area contributed by atoms with Gasteiger partial charge in [0.1, 0.15) is 42.6 Å². The van der Waals surface area contributed by atoms with Crippen LogP contribution in [0.4, 0.5) is 5.82 Å². The number of aryl methyl sites for hydroxylation is 1. The van der Waals surface area contributed by atoms with Gasteiger partial charge in [-0.1, -0.05) is 28.9 Å². The molecule has 3 aromatic heterocycles. The second kappa shape index (κ2) is 20.7. The van der Waals surface area contributed by atoms with Crippen molar-refractivity contribution in [1.82, 2.24) is 39.4 Å². The van der Waals surface area contributed by atoms with E-state index in [-0.39, 0.29) is 42.9 Å². The number of nitrogen functional groups attached to an aromatic ring is 1. The maximum absolute atomic E-state index is 12.6. The van der Waals surface area contributed by atoms with E-state index in [4.69, 9.17) is 25.0 Å². The van der Waals surface area contributed by atoms with Gasteiger partial charge in [0.15, 0.2) is 0 Å². The van der Waals surface area contributed by atoms with Gasteiger partial charge in [-0.15, -0.1) is 5.10 Å². The fourth-order valence-corrected chi connectivity index (χ4v) is 8.85. The van der Waals surface area contributed by atoms with Crippen LogP contribution in [-0.4, -0.2) is 119 Å². The number of carbonyl (C=O) groups excluding carboxylic acids is 1. The Bertz CT molecular complexity index is 2570. The molecule has 1 amide bonds. The van der Waals surface area contributed by atoms with Crippen molar-refractivity contribution in [3.63, 3.8) is 0 Å². The summed E-state index contributed by atoms with van der Waals surface area (Å²) in [4.78, 5) is 91.7. The predicted octanol–water partition coefficient (Wildman–Crippen LogP) is -3.17. The smallest absolute Gasteiger partial charge is 0.394 e. The minimum atomic E-state index is -5.78. The Hall–Kier alpha value is -4.70. The second-order valence-corrected chi connectivity index (χ2v) is 17.8. The van der Waals surface area contributed by atoms with Crippen LogP contribution in [0.1, 0.15) is 61.4 Å². The first-order valence-electron chi connectivity index (χ1n) is 18.1. The maximum Gasteiger partial charge on any atom is 0.490 e. The molecule has 3 aromatic rings. The van der Waals surface area contributed by atoms with Crippen LogP contribution in [-0.2, 0) is 54.1 Å². The number of nitrogens with zero attached hydrogens (tertiary/aromatic N) is 6. The Morgan fingerprint density at radius 1 is 0.919 bits per heavy atom. The molecule has 5 rings (SSSR count). The Balaban J connectivity index is 1.05. The molecule has 5 heterocycles. The highest BCUT2D eigenvalue weighted by atomic mass is 31.3. The molecule has 4 unspecified atom stereocenters. The van der Waals surface area contributed by atoms with Crippen LogP contribution >= 0.6 is 23.5 Å². The Kier molecular flexibility index (Phi) is 16.1. The average molecular weight is 936 g/mol. The SMILES string of the molecule is Nc1nc(=O)n([C@H]2CC(O)[C@@H](COP(=O)(O)OP(=O)(O)OP(=O)(O)O)O2)cc1C#CCNC(=O)Cn1cc(CCCCC#Cc2cn([C@H]3CC(O)[C@@H](CO)O3)c(=O)[nH]c2=O)nn1. The highest BCUT2D eigenvalue weighted by molar-refractivity contribution is 7.66. The maximum atomic E-state index is 12.6. The number of H-pyrrole nitrogens is 1. The monoisotopic (exact) mass is 935 g/mol. The molecule has 2 aliphatic rings. The van der Waals surface area contributed by atoms with Gasteiger partial charge in [-0.2, -0.15) is 13.6 Å². The van der Waals surface area contributed by atoms with E-state index in [1.807, 2.05) is 0 Å². The van der Waals surface area contributed by atoms with Gasteiger partial charge in [0.05, 0.1) is 43.2 Å². The molecule has 2 saturated heterocycles. The zero-order valence-electron chi connectivity index (χ0n) is 31.9. The van der Waals surface area contributed by atoms with Crippen LogP contribution in [0.2, 0.25) is 0 Å². The zero-order chi connectivity index (χ0) is 45.4. The third-order valence-corrected chi connectivity index (χ3v) is 12.5. The molecule has 2 fully saturated rings. The molecule has 0 aromatic carbocycles. The Morgan fingerprint density at radius 3 is 2.27 bits per heavy atom. The van der Waals surface area contributed by atoms with E-state index >= 15 is 0 Å². The summed E-state index contributed by atoms with van der Waals surface area (Å²) in [5.74, 6) is 10.2. The number of unbranched alkanes of at least 4 members (excludes halogenated alkanes) is 2. The summed E-state index contributed by atoms with van der Waals surface area (Å²) in [7, 11) is -16.9. The van der Waals surface area contributed by atoms with Gasteiger partial charge in [0.2, 0.25) is 5.91 Å². The number of nitrogens with one attached hydrogen (secondary N) is 2. The molecular weight excluding hydrogens is 895 g/mol. The molecule has 31 heteroatoms. The number of carbonyl (C=O) groups is 1. The molecule has 2 aliphatic heterocycles. The number of nitrogens with two attached hydrogens (primary N) is 1. The minimum absolute atomic E-state index is 0.0220. The lowest BCUT2D eigenvalue weighted by atomic mass is 10.1. The van der Waals surface area contributed by atoms with Crippen LogP contribution in [0.3, 0.4) is 0 Å². The molecule has 0 saturated carbocycles. The number of phosphoric acid groups is 3. The van der Waals surface area contributed by atoms with E-state index < -0.39 is 96.4 Å². The minimum Gasteiger partial charge on any atom is -0.394 e. The van der Waals surface area contributed by atoms with E-state index in [1.165, 1.54) is 10.9 Å². The van der Waals surface area contributed by atoms with E-state index in [2.05, 4.69) is 62.4 Å². The van der Waals surface area contributed by atoms with E-state index in [0.717, 1.165) is 15.3 Å². The van der Waals surface area contributed by atoms with E-state index in [0.29, 0.717) is 31.4 Å². The number of ether oxygens (including phenoxy) is 2. The van der Waals surface area contributed by atoms with Crippen LogP contribution in [0, 0.1) is 23.7 Å². The van der Waals surface area contributed by atoms with Gasteiger partial charge in [-0.3, -0.25) is 28.2 Å². The molecule has 0 bridgehead atoms. The highest BCUT2D eigenvalue weighted by Gasteiger charge is 2.43. The number of aromatic nitrogens is 7. The molecule has 8 atom stereocenters. The molecule has 0 spiro atoms. The number of hydrogen-bond donors (Lipinski definition) is 10.